The van der Waals surface area contributed by atoms with Crippen molar-refractivity contribution in [3.8, 4) is 0 Å². The Morgan fingerprint density at radius 1 is 1.20 bits per heavy atom. The van der Waals surface area contributed by atoms with E-state index in [0.29, 0.717) is 13.1 Å². The maximum absolute atomic E-state index is 15.4. The number of carbonyl (C=O) groups is 1. The van der Waals surface area contributed by atoms with Crippen LogP contribution in [0.4, 0.5) is 9.18 Å². The largest absolute Gasteiger partial charge is 0.444 e. The summed E-state index contributed by atoms with van der Waals surface area (Å²) in [5.74, 6) is 0. The van der Waals surface area contributed by atoms with Gasteiger partial charge in [-0.15, -0.1) is 0 Å². The molecular weight excluding hydrogens is 323 g/mol. The third kappa shape index (κ3) is 3.51. The van der Waals surface area contributed by atoms with Crippen LogP contribution in [0.2, 0.25) is 0 Å². The van der Waals surface area contributed by atoms with E-state index in [1.54, 1.807) is 0 Å². The van der Waals surface area contributed by atoms with E-state index in [1.165, 1.54) is 4.90 Å². The summed E-state index contributed by atoms with van der Waals surface area (Å²) in [6.07, 6.45) is -0.417. The molecule has 1 aromatic carbocycles. The van der Waals surface area contributed by atoms with Crippen LogP contribution in [0.25, 0.3) is 0 Å². The van der Waals surface area contributed by atoms with Gasteiger partial charge >= 0.3 is 6.09 Å². The van der Waals surface area contributed by atoms with Crippen LogP contribution in [0, 0.1) is 5.41 Å². The molecule has 0 radical (unpaired) electrons. The zero-order chi connectivity index (χ0) is 18.3. The van der Waals surface area contributed by atoms with Gasteiger partial charge in [-0.3, -0.25) is 4.90 Å². The van der Waals surface area contributed by atoms with Crippen LogP contribution < -0.4 is 0 Å². The van der Waals surface area contributed by atoms with Gasteiger partial charge in [0, 0.05) is 32.7 Å². The molecule has 0 aliphatic carbocycles. The van der Waals surface area contributed by atoms with E-state index in [9.17, 15) is 9.90 Å². The first-order valence-corrected chi connectivity index (χ1v) is 8.70. The Labute approximate surface area is 148 Å². The lowest BCUT2D eigenvalue weighted by molar-refractivity contribution is -0.105. The number of aliphatic hydroxyl groups is 1. The number of rotatable bonds is 3. The van der Waals surface area contributed by atoms with E-state index in [0.717, 1.165) is 5.56 Å². The van der Waals surface area contributed by atoms with E-state index in [1.807, 2.05) is 56.0 Å². The molecule has 2 fully saturated rings. The molecule has 138 valence electrons. The van der Waals surface area contributed by atoms with Crippen molar-refractivity contribution in [2.75, 3.05) is 32.8 Å². The van der Waals surface area contributed by atoms with E-state index >= 15 is 4.39 Å². The Hall–Kier alpha value is -1.66. The number of benzene rings is 1. The van der Waals surface area contributed by atoms with Crippen LogP contribution in [0.15, 0.2) is 30.3 Å². The molecule has 1 aromatic rings. The molecule has 1 N–H and O–H groups in total. The molecule has 1 spiro atoms. The van der Waals surface area contributed by atoms with E-state index in [-0.39, 0.29) is 19.6 Å². The number of amides is 1. The Morgan fingerprint density at radius 2 is 1.84 bits per heavy atom. The molecule has 2 heterocycles. The lowest BCUT2D eigenvalue weighted by Crippen LogP contribution is -2.68. The highest BCUT2D eigenvalue weighted by Crippen LogP contribution is 2.49. The Balaban J connectivity index is 1.66. The first-order valence-electron chi connectivity index (χ1n) is 8.70. The minimum atomic E-state index is -1.69. The summed E-state index contributed by atoms with van der Waals surface area (Å²) in [4.78, 5) is 15.7. The van der Waals surface area contributed by atoms with Crippen molar-refractivity contribution < 1.29 is 19.0 Å². The van der Waals surface area contributed by atoms with Crippen LogP contribution in [0.1, 0.15) is 26.3 Å². The molecule has 5 nitrogen and oxygen atoms in total. The van der Waals surface area contributed by atoms with Crippen LogP contribution in [-0.4, -0.2) is 65.1 Å². The molecule has 2 aliphatic heterocycles. The normalized spacial score (nSPS) is 25.9. The number of hydrogen-bond donors (Lipinski definition) is 1. The predicted octanol–water partition coefficient (Wildman–Crippen LogP) is 2.44. The fraction of sp³-hybridized carbons (Fsp3) is 0.632. The number of halogens is 1. The molecule has 2 saturated heterocycles. The highest BCUT2D eigenvalue weighted by atomic mass is 19.1. The number of likely N-dealkylation sites (tertiary alicyclic amines) is 2. The monoisotopic (exact) mass is 350 g/mol. The molecule has 3 rings (SSSR count). The van der Waals surface area contributed by atoms with E-state index in [2.05, 4.69) is 0 Å². The number of nitrogens with zero attached hydrogens (tertiary/aromatic N) is 2. The molecule has 0 saturated carbocycles. The fourth-order valence-electron chi connectivity index (χ4n) is 3.84. The minimum absolute atomic E-state index is 0.181. The van der Waals surface area contributed by atoms with Gasteiger partial charge in [0.05, 0.1) is 12.0 Å². The maximum atomic E-state index is 15.4. The lowest BCUT2D eigenvalue weighted by atomic mass is 9.70. The molecule has 2 aliphatic rings. The summed E-state index contributed by atoms with van der Waals surface area (Å²) >= 11 is 0. The number of hydrogen-bond acceptors (Lipinski definition) is 4. The van der Waals surface area contributed by atoms with E-state index in [4.69, 9.17) is 4.74 Å². The molecule has 0 bridgehead atoms. The Bertz CT molecular complexity index is 625. The van der Waals surface area contributed by atoms with Crippen LogP contribution in [0.3, 0.4) is 0 Å². The third-order valence-corrected chi connectivity index (χ3v) is 5.09. The molecule has 25 heavy (non-hydrogen) atoms. The van der Waals surface area contributed by atoms with Crippen molar-refractivity contribution >= 4 is 6.09 Å². The van der Waals surface area contributed by atoms with Crippen molar-refractivity contribution in [2.45, 2.75) is 38.6 Å². The molecular formula is C19H27FN2O3. The van der Waals surface area contributed by atoms with Crippen molar-refractivity contribution in [2.24, 2.45) is 5.41 Å². The van der Waals surface area contributed by atoms with Gasteiger partial charge in [0.2, 0.25) is 0 Å². The minimum Gasteiger partial charge on any atom is -0.444 e. The Morgan fingerprint density at radius 3 is 2.40 bits per heavy atom. The predicted molar refractivity (Wildman–Crippen MR) is 92.9 cm³/mol. The van der Waals surface area contributed by atoms with Gasteiger partial charge in [-0.05, 0) is 26.3 Å². The van der Waals surface area contributed by atoms with Gasteiger partial charge in [-0.25, -0.2) is 9.18 Å². The molecule has 0 unspecified atom stereocenters. The van der Waals surface area contributed by atoms with Gasteiger partial charge in [-0.2, -0.15) is 0 Å². The second-order valence-corrected chi connectivity index (χ2v) is 8.37. The second kappa shape index (κ2) is 6.25. The third-order valence-electron chi connectivity index (χ3n) is 5.09. The van der Waals surface area contributed by atoms with Gasteiger partial charge < -0.3 is 14.7 Å². The number of carbonyl (C=O) groups excluding carboxylic acids is 1. The standard InChI is InChI=1S/C19H27FN2O3/c1-17(2,3)25-16(24)22-11-18(12-22)10-21(13-19(18,20)14-23)9-15-7-5-4-6-8-15/h4-8,23H,9-14H2,1-3H3/t19-/m1/s1. The topological polar surface area (TPSA) is 53.0 Å². The fourth-order valence-corrected chi connectivity index (χ4v) is 3.84. The number of alkyl halides is 1. The number of ether oxygens (including phenoxy) is 1. The number of aliphatic hydroxyl groups excluding tert-OH is 1. The average molecular weight is 350 g/mol. The average Bonchev–Trinajstić information content (AvgIpc) is 2.78. The van der Waals surface area contributed by atoms with E-state index < -0.39 is 29.4 Å². The van der Waals surface area contributed by atoms with Crippen molar-refractivity contribution in [3.63, 3.8) is 0 Å². The summed E-state index contributed by atoms with van der Waals surface area (Å²) in [5, 5.41) is 9.68. The van der Waals surface area contributed by atoms with Crippen molar-refractivity contribution in [1.29, 1.82) is 0 Å². The molecule has 1 atom stereocenters. The summed E-state index contributed by atoms with van der Waals surface area (Å²) in [7, 11) is 0. The molecule has 6 heteroatoms. The van der Waals surface area contributed by atoms with Crippen molar-refractivity contribution in [1.82, 2.24) is 9.80 Å². The van der Waals surface area contributed by atoms with Gasteiger partial charge in [-0.1, -0.05) is 30.3 Å². The quantitative estimate of drug-likeness (QED) is 0.910. The Kier molecular flexibility index (Phi) is 4.54. The SMILES string of the molecule is CC(C)(C)OC(=O)N1CC2(CN(Cc3ccccc3)C[C@@]2(F)CO)C1. The second-order valence-electron chi connectivity index (χ2n) is 8.37. The summed E-state index contributed by atoms with van der Waals surface area (Å²) in [5.41, 5.74) is -1.87. The maximum Gasteiger partial charge on any atom is 0.410 e. The van der Waals surface area contributed by atoms with Gasteiger partial charge in [0.15, 0.2) is 5.67 Å². The first-order chi connectivity index (χ1) is 11.7. The zero-order valence-electron chi connectivity index (χ0n) is 15.2. The highest BCUT2D eigenvalue weighted by Gasteiger charge is 2.65. The summed E-state index contributed by atoms with van der Waals surface area (Å²) in [6, 6.07) is 9.90. The smallest absolute Gasteiger partial charge is 0.410 e. The molecule has 1 amide bonds. The summed E-state index contributed by atoms with van der Waals surface area (Å²) in [6.45, 7) is 6.81. The first kappa shape index (κ1) is 18.1. The lowest BCUT2D eigenvalue weighted by Gasteiger charge is -2.52. The van der Waals surface area contributed by atoms with Gasteiger partial charge in [0.1, 0.15) is 5.60 Å². The highest BCUT2D eigenvalue weighted by molar-refractivity contribution is 5.69. The van der Waals surface area contributed by atoms with Crippen LogP contribution >= 0.6 is 0 Å². The zero-order valence-corrected chi connectivity index (χ0v) is 15.2. The summed E-state index contributed by atoms with van der Waals surface area (Å²) < 4.78 is 20.8. The van der Waals surface area contributed by atoms with Gasteiger partial charge in [0.25, 0.3) is 0 Å². The van der Waals surface area contributed by atoms with Crippen LogP contribution in [0.5, 0.6) is 0 Å². The van der Waals surface area contributed by atoms with Crippen LogP contribution in [-0.2, 0) is 11.3 Å². The van der Waals surface area contributed by atoms with Crippen molar-refractivity contribution in [3.05, 3.63) is 35.9 Å². The molecule has 0 aromatic heterocycles.